The average Bonchev–Trinajstić information content (AvgIpc) is 3.42. The first-order valence-electron chi connectivity index (χ1n) is 11.6. The van der Waals surface area contributed by atoms with Gasteiger partial charge in [0.15, 0.2) is 0 Å². The van der Waals surface area contributed by atoms with Gasteiger partial charge >= 0.3 is 0 Å². The topological polar surface area (TPSA) is 128 Å². The van der Waals surface area contributed by atoms with Crippen LogP contribution in [0.15, 0.2) is 22.2 Å². The summed E-state index contributed by atoms with van der Waals surface area (Å²) >= 11 is 0. The Morgan fingerprint density at radius 2 is 2.00 bits per heavy atom. The molecule has 1 saturated heterocycles. The molecule has 0 radical (unpaired) electrons. The minimum Gasteiger partial charge on any atom is -0.328 e. The molecule has 1 aromatic rings. The van der Waals surface area contributed by atoms with Crippen molar-refractivity contribution in [2.75, 3.05) is 19.6 Å². The lowest BCUT2D eigenvalue weighted by molar-refractivity contribution is -0.143. The molecule has 0 aromatic carbocycles. The molecule has 180 valence electrons. The van der Waals surface area contributed by atoms with Crippen molar-refractivity contribution >= 4 is 27.7 Å². The van der Waals surface area contributed by atoms with Gasteiger partial charge < -0.3 is 10.2 Å². The van der Waals surface area contributed by atoms with Gasteiger partial charge in [0.2, 0.25) is 21.8 Å². The van der Waals surface area contributed by atoms with Gasteiger partial charge in [-0.15, -0.1) is 0 Å². The minimum atomic E-state index is -3.86. The summed E-state index contributed by atoms with van der Waals surface area (Å²) in [5, 5.41) is 9.55. The molecule has 0 spiro atoms. The van der Waals surface area contributed by atoms with E-state index < -0.39 is 16.1 Å². The lowest BCUT2D eigenvalue weighted by Gasteiger charge is -2.39. The van der Waals surface area contributed by atoms with Gasteiger partial charge in [0.1, 0.15) is 16.8 Å². The Morgan fingerprint density at radius 3 is 2.61 bits per heavy atom. The number of carbonyl (C=O) groups is 2. The number of piperazine rings is 1. The quantitative estimate of drug-likeness (QED) is 0.645. The van der Waals surface area contributed by atoms with Crippen LogP contribution in [-0.2, 0) is 19.6 Å². The number of sulfonamides is 1. The molecule has 1 atom stereocenters. The van der Waals surface area contributed by atoms with Crippen molar-refractivity contribution < 1.29 is 18.0 Å². The summed E-state index contributed by atoms with van der Waals surface area (Å²) in [5.74, 6) is 0.359. The van der Waals surface area contributed by atoms with Crippen LogP contribution in [0.25, 0.3) is 0 Å². The summed E-state index contributed by atoms with van der Waals surface area (Å²) in [5.41, 5.74) is 0.825. The maximum atomic E-state index is 13.2. The fraction of sp³-hybridized carbons (Fsp3) is 0.636. The van der Waals surface area contributed by atoms with E-state index in [2.05, 4.69) is 20.5 Å². The highest BCUT2D eigenvalue weighted by molar-refractivity contribution is 7.89. The van der Waals surface area contributed by atoms with Gasteiger partial charge in [0.05, 0.1) is 17.9 Å². The van der Waals surface area contributed by atoms with E-state index in [4.69, 9.17) is 0 Å². The van der Waals surface area contributed by atoms with Crippen LogP contribution < -0.4 is 5.32 Å². The van der Waals surface area contributed by atoms with Crippen molar-refractivity contribution in [2.45, 2.75) is 69.7 Å². The van der Waals surface area contributed by atoms with E-state index in [0.717, 1.165) is 25.7 Å². The number of nitrogens with one attached hydrogen (secondary N) is 2. The highest BCUT2D eigenvalue weighted by Crippen LogP contribution is 2.30. The Morgan fingerprint density at radius 1 is 1.24 bits per heavy atom. The number of nitrogens with zero attached hydrogens (tertiary/aromatic N) is 4. The lowest BCUT2D eigenvalue weighted by Crippen LogP contribution is -2.59. The Labute approximate surface area is 194 Å². The molecule has 0 unspecified atom stereocenters. The normalized spacial score (nSPS) is 21.3. The molecular weight excluding hydrogens is 444 g/mol. The molecule has 11 heteroatoms. The molecule has 3 aliphatic rings. The van der Waals surface area contributed by atoms with E-state index in [9.17, 15) is 18.0 Å². The number of aromatic amines is 1. The first kappa shape index (κ1) is 23.6. The number of carbonyl (C=O) groups excluding carboxylic acids is 2. The molecule has 4 rings (SSSR count). The second-order valence-corrected chi connectivity index (χ2v) is 11.0. The monoisotopic (exact) mass is 476 g/mol. The molecule has 2 aliphatic heterocycles. The van der Waals surface area contributed by atoms with Gasteiger partial charge in [0.25, 0.3) is 0 Å². The predicted molar refractivity (Wildman–Crippen MR) is 123 cm³/mol. The van der Waals surface area contributed by atoms with E-state index in [1.54, 1.807) is 24.9 Å². The van der Waals surface area contributed by atoms with Crippen LogP contribution in [0.5, 0.6) is 0 Å². The predicted octanol–water partition coefficient (Wildman–Crippen LogP) is 1.63. The average molecular weight is 477 g/mol. The molecular formula is C22H32N6O4S. The summed E-state index contributed by atoms with van der Waals surface area (Å²) in [6.07, 6.45) is 10.2. The third-order valence-corrected chi connectivity index (χ3v) is 8.86. The Bertz CT molecular complexity index is 1050. The molecule has 33 heavy (non-hydrogen) atoms. The first-order chi connectivity index (χ1) is 15.8. The van der Waals surface area contributed by atoms with E-state index in [1.807, 2.05) is 6.08 Å². The number of H-pyrrole nitrogens is 1. The van der Waals surface area contributed by atoms with Gasteiger partial charge in [-0.2, -0.15) is 9.40 Å². The zero-order valence-electron chi connectivity index (χ0n) is 19.2. The van der Waals surface area contributed by atoms with Gasteiger partial charge in [-0.3, -0.25) is 14.7 Å². The Balaban J connectivity index is 1.50. The van der Waals surface area contributed by atoms with Crippen LogP contribution in [-0.4, -0.2) is 71.1 Å². The summed E-state index contributed by atoms with van der Waals surface area (Å²) in [4.78, 5) is 32.2. The Kier molecular flexibility index (Phi) is 6.99. The fourth-order valence-corrected chi connectivity index (χ4v) is 6.74. The largest absolute Gasteiger partial charge is 0.328 e. The van der Waals surface area contributed by atoms with Gasteiger partial charge in [0, 0.05) is 25.7 Å². The van der Waals surface area contributed by atoms with E-state index in [0.29, 0.717) is 36.0 Å². The molecule has 2 fully saturated rings. The second kappa shape index (κ2) is 9.76. The number of aryl methyl sites for hydroxylation is 2. The van der Waals surface area contributed by atoms with Crippen LogP contribution in [0.1, 0.15) is 56.3 Å². The first-order valence-corrected chi connectivity index (χ1v) is 13.0. The second-order valence-electron chi connectivity index (χ2n) is 9.10. The van der Waals surface area contributed by atoms with E-state index in [1.165, 1.54) is 10.7 Å². The zero-order valence-corrected chi connectivity index (χ0v) is 20.0. The van der Waals surface area contributed by atoms with Crippen LogP contribution in [0, 0.1) is 19.8 Å². The maximum Gasteiger partial charge on any atom is 0.248 e. The Hall–Kier alpha value is -2.53. The smallest absolute Gasteiger partial charge is 0.248 e. The molecule has 1 aliphatic carbocycles. The van der Waals surface area contributed by atoms with Gasteiger partial charge in [-0.1, -0.05) is 38.2 Å². The molecule has 10 nitrogen and oxygen atoms in total. The van der Waals surface area contributed by atoms with E-state index in [-0.39, 0.29) is 36.3 Å². The van der Waals surface area contributed by atoms with Crippen LogP contribution in [0.2, 0.25) is 0 Å². The highest BCUT2D eigenvalue weighted by atomic mass is 32.2. The minimum absolute atomic E-state index is 0.118. The standard InChI is InChI=1S/C22H32N6O4S/c1-15-21(16(2)26-25-15)33(31,32)27-11-12-28(20(29)14-27)18(13-17-7-4-3-5-8-17)22(30)24-19-9-6-10-23-19/h6,10,17-18H,3-5,7-9,11-14H2,1-2H3,(H,25,26)(H,23,24,30)/t18-/m0/s1. The molecule has 0 bridgehead atoms. The lowest BCUT2D eigenvalue weighted by atomic mass is 9.84. The van der Waals surface area contributed by atoms with Crippen molar-refractivity contribution in [2.24, 2.45) is 10.9 Å². The third-order valence-electron chi connectivity index (χ3n) is 6.76. The molecule has 1 saturated carbocycles. The number of hydrogen-bond donors (Lipinski definition) is 2. The van der Waals surface area contributed by atoms with Gasteiger partial charge in [-0.05, 0) is 26.2 Å². The molecule has 2 amide bonds. The molecule has 1 aromatic heterocycles. The molecule has 2 N–H and O–H groups in total. The number of aliphatic imine (C=N–C) groups is 1. The van der Waals surface area contributed by atoms with E-state index >= 15 is 0 Å². The van der Waals surface area contributed by atoms with Crippen LogP contribution in [0.3, 0.4) is 0 Å². The zero-order chi connectivity index (χ0) is 23.6. The fourth-order valence-electron chi connectivity index (χ4n) is 5.03. The third kappa shape index (κ3) is 5.03. The molecule has 3 heterocycles. The highest BCUT2D eigenvalue weighted by Gasteiger charge is 2.40. The van der Waals surface area contributed by atoms with Crippen molar-refractivity contribution in [1.29, 1.82) is 0 Å². The summed E-state index contributed by atoms with van der Waals surface area (Å²) < 4.78 is 27.6. The van der Waals surface area contributed by atoms with Gasteiger partial charge in [-0.25, -0.2) is 13.4 Å². The number of aromatic nitrogens is 2. The number of amides is 2. The SMILES string of the molecule is Cc1n[nH]c(C)c1S(=O)(=O)N1CCN([C@@H](CC2CCCCC2)C(=O)NC2=NC=CC2)C(=O)C1. The van der Waals surface area contributed by atoms with Crippen molar-refractivity contribution in [3.05, 3.63) is 23.7 Å². The van der Waals surface area contributed by atoms with Crippen molar-refractivity contribution in [1.82, 2.24) is 24.7 Å². The van der Waals surface area contributed by atoms with Crippen LogP contribution >= 0.6 is 0 Å². The maximum absolute atomic E-state index is 13.2. The summed E-state index contributed by atoms with van der Waals surface area (Å²) in [7, 11) is -3.86. The number of hydrogen-bond acceptors (Lipinski definition) is 6. The van der Waals surface area contributed by atoms with Crippen LogP contribution in [0.4, 0.5) is 0 Å². The number of rotatable bonds is 6. The summed E-state index contributed by atoms with van der Waals surface area (Å²) in [6.45, 7) is 3.29. The summed E-state index contributed by atoms with van der Waals surface area (Å²) in [6, 6.07) is -0.633. The van der Waals surface area contributed by atoms with Crippen molar-refractivity contribution in [3.63, 3.8) is 0 Å². The van der Waals surface area contributed by atoms with Crippen molar-refractivity contribution in [3.8, 4) is 0 Å². The number of amidine groups is 1.